The maximum absolute atomic E-state index is 11.2. The van der Waals surface area contributed by atoms with Gasteiger partial charge in [-0.1, -0.05) is 12.1 Å². The predicted molar refractivity (Wildman–Crippen MR) is 66.5 cm³/mol. The van der Waals surface area contributed by atoms with Crippen LogP contribution in [0.2, 0.25) is 0 Å². The number of hydrazine groups is 1. The van der Waals surface area contributed by atoms with Crippen molar-refractivity contribution in [2.75, 3.05) is 12.0 Å². The van der Waals surface area contributed by atoms with Crippen molar-refractivity contribution in [3.8, 4) is 0 Å². The maximum Gasteiger partial charge on any atom is 0.308 e. The lowest BCUT2D eigenvalue weighted by Crippen LogP contribution is -2.23. The van der Waals surface area contributed by atoms with Gasteiger partial charge in [-0.25, -0.2) is 0 Å². The van der Waals surface area contributed by atoms with Crippen molar-refractivity contribution in [2.45, 2.75) is 25.6 Å². The second kappa shape index (κ2) is 6.95. The molecule has 0 aliphatic heterocycles. The van der Waals surface area contributed by atoms with Gasteiger partial charge in [-0.05, 0) is 24.6 Å². The zero-order valence-electron chi connectivity index (χ0n) is 10.2. The van der Waals surface area contributed by atoms with Gasteiger partial charge in [-0.15, -0.1) is 0 Å². The van der Waals surface area contributed by atoms with Gasteiger partial charge in [0.25, 0.3) is 0 Å². The fraction of sp³-hybridized carbons (Fsp3) is 0.417. The molecule has 100 valence electrons. The number of nitrogens with one attached hydrogen (secondary N) is 1. The van der Waals surface area contributed by atoms with E-state index in [-0.39, 0.29) is 13.0 Å². The number of esters is 1. The van der Waals surface area contributed by atoms with Crippen LogP contribution in [0.15, 0.2) is 24.3 Å². The number of ether oxygens (including phenoxy) is 1. The van der Waals surface area contributed by atoms with Crippen molar-refractivity contribution >= 4 is 11.7 Å². The summed E-state index contributed by atoms with van der Waals surface area (Å²) in [4.78, 5) is 11.2. The van der Waals surface area contributed by atoms with E-state index in [1.165, 1.54) is 0 Å². The largest absolute Gasteiger partial charge is 0.466 e. The molecule has 2 unspecified atom stereocenters. The first kappa shape index (κ1) is 14.4. The molecule has 1 rings (SSSR count). The molecule has 6 heteroatoms. The molecule has 0 aliphatic carbocycles. The highest BCUT2D eigenvalue weighted by molar-refractivity contribution is 5.70. The van der Waals surface area contributed by atoms with Crippen LogP contribution in [0.1, 0.15) is 25.0 Å². The van der Waals surface area contributed by atoms with E-state index in [0.29, 0.717) is 11.3 Å². The highest BCUT2D eigenvalue weighted by Crippen LogP contribution is 2.21. The number of benzene rings is 1. The van der Waals surface area contributed by atoms with E-state index in [1.54, 1.807) is 31.2 Å². The molecule has 0 saturated heterocycles. The Morgan fingerprint density at radius 2 is 2.22 bits per heavy atom. The minimum absolute atomic E-state index is 0.244. The number of hydrogen-bond acceptors (Lipinski definition) is 6. The van der Waals surface area contributed by atoms with E-state index in [0.717, 1.165) is 0 Å². The van der Waals surface area contributed by atoms with Crippen LogP contribution in [0.5, 0.6) is 0 Å². The van der Waals surface area contributed by atoms with Gasteiger partial charge < -0.3 is 20.4 Å². The summed E-state index contributed by atoms with van der Waals surface area (Å²) in [5.41, 5.74) is 3.52. The zero-order valence-corrected chi connectivity index (χ0v) is 10.2. The molecule has 0 aromatic heterocycles. The molecule has 0 fully saturated rings. The molecule has 0 spiro atoms. The molecular weight excluding hydrogens is 236 g/mol. The summed E-state index contributed by atoms with van der Waals surface area (Å²) in [5, 5.41) is 19.6. The lowest BCUT2D eigenvalue weighted by Gasteiger charge is -2.18. The fourth-order valence-corrected chi connectivity index (χ4v) is 1.54. The summed E-state index contributed by atoms with van der Waals surface area (Å²) in [6, 6.07) is 6.64. The normalized spacial score (nSPS) is 13.8. The smallest absolute Gasteiger partial charge is 0.308 e. The number of nitrogen functional groups attached to an aromatic ring is 1. The van der Waals surface area contributed by atoms with Crippen molar-refractivity contribution in [1.82, 2.24) is 0 Å². The van der Waals surface area contributed by atoms with Crippen LogP contribution in [-0.2, 0) is 9.53 Å². The molecule has 5 N–H and O–H groups in total. The Morgan fingerprint density at radius 3 is 2.83 bits per heavy atom. The van der Waals surface area contributed by atoms with E-state index in [2.05, 4.69) is 5.43 Å². The third-order valence-electron chi connectivity index (χ3n) is 2.44. The van der Waals surface area contributed by atoms with E-state index in [9.17, 15) is 15.0 Å². The average Bonchev–Trinajstić information content (AvgIpc) is 2.38. The number of nitrogens with two attached hydrogens (primary N) is 1. The number of aliphatic hydroxyl groups excluding tert-OH is 2. The number of rotatable bonds is 6. The molecule has 0 radical (unpaired) electrons. The Balaban J connectivity index is 2.67. The van der Waals surface area contributed by atoms with Gasteiger partial charge in [-0.3, -0.25) is 10.6 Å². The lowest BCUT2D eigenvalue weighted by atomic mass is 10.0. The second-order valence-electron chi connectivity index (χ2n) is 3.79. The molecule has 0 aliphatic rings. The molecule has 2 atom stereocenters. The molecule has 1 aromatic carbocycles. The van der Waals surface area contributed by atoms with Gasteiger partial charge in [0, 0.05) is 5.69 Å². The highest BCUT2D eigenvalue weighted by Gasteiger charge is 2.22. The third kappa shape index (κ3) is 3.99. The predicted octanol–water partition coefficient (Wildman–Crippen LogP) is 0.320. The highest BCUT2D eigenvalue weighted by atomic mass is 16.5. The summed E-state index contributed by atoms with van der Waals surface area (Å²) < 4.78 is 4.70. The van der Waals surface area contributed by atoms with Gasteiger partial charge in [-0.2, -0.15) is 0 Å². The topological polar surface area (TPSA) is 105 Å². The first-order valence-corrected chi connectivity index (χ1v) is 5.66. The van der Waals surface area contributed by atoms with Gasteiger partial charge in [0.05, 0.1) is 19.1 Å². The molecule has 1 aromatic rings. The summed E-state index contributed by atoms with van der Waals surface area (Å²) in [7, 11) is 0. The number of carbonyl (C=O) groups is 1. The third-order valence-corrected chi connectivity index (χ3v) is 2.44. The van der Waals surface area contributed by atoms with Gasteiger partial charge in [0.1, 0.15) is 6.10 Å². The van der Waals surface area contributed by atoms with Crippen LogP contribution in [0.4, 0.5) is 5.69 Å². The first-order valence-electron chi connectivity index (χ1n) is 5.66. The van der Waals surface area contributed by atoms with Gasteiger partial charge >= 0.3 is 5.97 Å². The Kier molecular flexibility index (Phi) is 5.57. The SMILES string of the molecule is CCOC(=O)CC(O)C(O)c1cccc(NN)c1. The Bertz CT molecular complexity index is 397. The Labute approximate surface area is 105 Å². The first-order chi connectivity index (χ1) is 8.58. The fourth-order valence-electron chi connectivity index (χ4n) is 1.54. The Hall–Kier alpha value is -1.63. The van der Waals surface area contributed by atoms with Crippen molar-refractivity contribution < 1.29 is 19.7 Å². The number of aliphatic hydroxyl groups is 2. The van der Waals surface area contributed by atoms with Gasteiger partial charge in [0.15, 0.2) is 0 Å². The zero-order chi connectivity index (χ0) is 13.5. The minimum atomic E-state index is -1.21. The monoisotopic (exact) mass is 254 g/mol. The summed E-state index contributed by atoms with van der Waals surface area (Å²) >= 11 is 0. The van der Waals surface area contributed by atoms with Crippen molar-refractivity contribution in [3.63, 3.8) is 0 Å². The molecule has 6 nitrogen and oxygen atoms in total. The van der Waals surface area contributed by atoms with Crippen LogP contribution in [0.25, 0.3) is 0 Å². The van der Waals surface area contributed by atoms with Crippen molar-refractivity contribution in [3.05, 3.63) is 29.8 Å². The quantitative estimate of drug-likeness (QED) is 0.331. The molecular formula is C12H18N2O4. The number of hydrogen-bond donors (Lipinski definition) is 4. The molecule has 0 saturated carbocycles. The molecule has 0 heterocycles. The molecule has 0 bridgehead atoms. The van der Waals surface area contributed by atoms with Crippen molar-refractivity contribution in [1.29, 1.82) is 0 Å². The van der Waals surface area contributed by atoms with E-state index in [4.69, 9.17) is 10.6 Å². The molecule has 0 amide bonds. The summed E-state index contributed by atoms with van der Waals surface area (Å²) in [6.07, 6.45) is -2.63. The summed E-state index contributed by atoms with van der Waals surface area (Å²) in [5.74, 6) is 4.70. The van der Waals surface area contributed by atoms with E-state index < -0.39 is 18.2 Å². The molecule has 18 heavy (non-hydrogen) atoms. The average molecular weight is 254 g/mol. The standard InChI is InChI=1S/C12H18N2O4/c1-2-18-11(16)7-10(15)12(17)8-4-3-5-9(6-8)14-13/h3-6,10,12,14-15,17H,2,7,13H2,1H3. The number of carbonyl (C=O) groups excluding carboxylic acids is 1. The van der Waals surface area contributed by atoms with Crippen LogP contribution in [0.3, 0.4) is 0 Å². The van der Waals surface area contributed by atoms with E-state index >= 15 is 0 Å². The number of anilines is 1. The maximum atomic E-state index is 11.2. The van der Waals surface area contributed by atoms with Crippen LogP contribution < -0.4 is 11.3 Å². The van der Waals surface area contributed by atoms with Gasteiger partial charge in [0.2, 0.25) is 0 Å². The van der Waals surface area contributed by atoms with E-state index in [1.807, 2.05) is 0 Å². The van der Waals surface area contributed by atoms with Crippen LogP contribution >= 0.6 is 0 Å². The van der Waals surface area contributed by atoms with Crippen molar-refractivity contribution in [2.24, 2.45) is 5.84 Å². The lowest BCUT2D eigenvalue weighted by molar-refractivity contribution is -0.147. The second-order valence-corrected chi connectivity index (χ2v) is 3.79. The van der Waals surface area contributed by atoms with Crippen LogP contribution in [0, 0.1) is 0 Å². The Morgan fingerprint density at radius 1 is 1.50 bits per heavy atom. The van der Waals surface area contributed by atoms with Crippen LogP contribution in [-0.4, -0.2) is 28.9 Å². The minimum Gasteiger partial charge on any atom is -0.466 e. The summed E-state index contributed by atoms with van der Waals surface area (Å²) in [6.45, 7) is 1.92.